The van der Waals surface area contributed by atoms with Crippen molar-refractivity contribution in [3.05, 3.63) is 12.5 Å². The van der Waals surface area contributed by atoms with Gasteiger partial charge in [-0.15, -0.1) is 24.8 Å². The van der Waals surface area contributed by atoms with Gasteiger partial charge in [-0.25, -0.2) is 4.98 Å². The third-order valence-electron chi connectivity index (χ3n) is 1.82. The fourth-order valence-electron chi connectivity index (χ4n) is 1.08. The molecule has 1 aromatic heterocycles. The molecule has 12 heavy (non-hydrogen) atoms. The molecule has 0 unspecified atom stereocenters. The lowest BCUT2D eigenvalue weighted by atomic mass is 10.4. The Kier molecular flexibility index (Phi) is 4.42. The van der Waals surface area contributed by atoms with Gasteiger partial charge in [-0.05, 0) is 18.8 Å². The number of nitrogens with two attached hydrogens (primary N) is 1. The normalized spacial score (nSPS) is 14.7. The zero-order chi connectivity index (χ0) is 6.97. The molecule has 0 amide bonds. The number of hydrogen-bond donors (Lipinski definition) is 1. The highest BCUT2D eigenvalue weighted by Gasteiger charge is 2.21. The maximum absolute atomic E-state index is 5.44. The Bertz CT molecular complexity index is 232. The summed E-state index contributed by atoms with van der Waals surface area (Å²) in [4.78, 5) is 3.94. The molecule has 0 aromatic carbocycles. The second-order valence-electron chi connectivity index (χ2n) is 2.94. The van der Waals surface area contributed by atoms with Crippen molar-refractivity contribution in [1.29, 1.82) is 0 Å². The van der Waals surface area contributed by atoms with Crippen molar-refractivity contribution in [3.8, 4) is 0 Å². The summed E-state index contributed by atoms with van der Waals surface area (Å²) in [6.45, 7) is 1.10. The fourth-order valence-corrected chi connectivity index (χ4v) is 1.08. The maximum atomic E-state index is 5.44. The number of nitrogens with zero attached hydrogens (tertiary/aromatic N) is 2. The highest BCUT2D eigenvalue weighted by molar-refractivity contribution is 5.85. The molecule has 5 heteroatoms. The van der Waals surface area contributed by atoms with E-state index in [1.165, 1.54) is 12.8 Å². The van der Waals surface area contributed by atoms with E-state index >= 15 is 0 Å². The van der Waals surface area contributed by atoms with Gasteiger partial charge in [-0.2, -0.15) is 0 Å². The largest absolute Gasteiger partial charge is 0.382 e. The molecule has 1 saturated carbocycles. The topological polar surface area (TPSA) is 43.8 Å². The summed E-state index contributed by atoms with van der Waals surface area (Å²) in [6.07, 6.45) is 6.43. The van der Waals surface area contributed by atoms with Crippen molar-refractivity contribution in [3.63, 3.8) is 0 Å². The van der Waals surface area contributed by atoms with Crippen LogP contribution in [-0.4, -0.2) is 9.55 Å². The minimum absolute atomic E-state index is 0. The van der Waals surface area contributed by atoms with Crippen LogP contribution < -0.4 is 5.73 Å². The average molecular weight is 210 g/mol. The molecule has 1 aliphatic carbocycles. The van der Waals surface area contributed by atoms with E-state index in [9.17, 15) is 0 Å². The van der Waals surface area contributed by atoms with Gasteiger partial charge in [0.05, 0.1) is 6.33 Å². The van der Waals surface area contributed by atoms with E-state index in [0.717, 1.165) is 12.5 Å². The van der Waals surface area contributed by atoms with Gasteiger partial charge in [0.15, 0.2) is 0 Å². The highest BCUT2D eigenvalue weighted by Crippen LogP contribution is 2.30. The minimum atomic E-state index is 0. The predicted octanol–water partition coefficient (Wildman–Crippen LogP) is 1.72. The third kappa shape index (κ3) is 2.91. The number of nitrogen functional groups attached to an aromatic ring is 1. The molecule has 0 aliphatic heterocycles. The SMILES string of the molecule is Cl.Cl.Nc1cn(CC2CC2)cn1. The van der Waals surface area contributed by atoms with Gasteiger partial charge in [0.25, 0.3) is 0 Å². The van der Waals surface area contributed by atoms with Gasteiger partial charge < -0.3 is 10.3 Å². The molecule has 1 aromatic rings. The third-order valence-corrected chi connectivity index (χ3v) is 1.82. The Morgan fingerprint density at radius 1 is 1.50 bits per heavy atom. The highest BCUT2D eigenvalue weighted by atomic mass is 35.5. The minimum Gasteiger partial charge on any atom is -0.382 e. The molecule has 70 valence electrons. The Morgan fingerprint density at radius 2 is 2.17 bits per heavy atom. The summed E-state index contributed by atoms with van der Waals surface area (Å²) in [5.74, 6) is 1.52. The number of anilines is 1. The van der Waals surface area contributed by atoms with Crippen molar-refractivity contribution in [2.24, 2.45) is 5.92 Å². The molecular formula is C7H13Cl2N3. The summed E-state index contributed by atoms with van der Waals surface area (Å²) in [6, 6.07) is 0. The van der Waals surface area contributed by atoms with Gasteiger partial charge in [-0.1, -0.05) is 0 Å². The lowest BCUT2D eigenvalue weighted by Gasteiger charge is -1.95. The summed E-state index contributed by atoms with van der Waals surface area (Å²) < 4.78 is 2.06. The number of hydrogen-bond acceptors (Lipinski definition) is 2. The van der Waals surface area contributed by atoms with Crippen LogP contribution in [0.25, 0.3) is 0 Å². The second kappa shape index (κ2) is 4.58. The summed E-state index contributed by atoms with van der Waals surface area (Å²) in [5, 5.41) is 0. The first-order chi connectivity index (χ1) is 4.84. The lowest BCUT2D eigenvalue weighted by molar-refractivity contribution is 0.627. The Hall–Kier alpha value is -0.410. The van der Waals surface area contributed by atoms with Crippen LogP contribution in [0.2, 0.25) is 0 Å². The monoisotopic (exact) mass is 209 g/mol. The molecule has 0 saturated heterocycles. The summed E-state index contributed by atoms with van der Waals surface area (Å²) in [5.41, 5.74) is 5.44. The Morgan fingerprint density at radius 3 is 2.58 bits per heavy atom. The van der Waals surface area contributed by atoms with Crippen LogP contribution in [0.15, 0.2) is 12.5 Å². The molecule has 0 spiro atoms. The number of rotatable bonds is 2. The smallest absolute Gasteiger partial charge is 0.141 e. The van der Waals surface area contributed by atoms with E-state index in [4.69, 9.17) is 5.73 Å². The first kappa shape index (κ1) is 11.6. The predicted molar refractivity (Wildman–Crippen MR) is 53.9 cm³/mol. The zero-order valence-electron chi connectivity index (χ0n) is 6.64. The molecule has 0 atom stereocenters. The molecule has 0 bridgehead atoms. The first-order valence-electron chi connectivity index (χ1n) is 3.62. The standard InChI is InChI=1S/C7H11N3.2ClH/c8-7-4-10(5-9-7)3-6-1-2-6;;/h4-6H,1-3,8H2;2*1H. The quantitative estimate of drug-likeness (QED) is 0.807. The summed E-state index contributed by atoms with van der Waals surface area (Å²) in [7, 11) is 0. The molecule has 1 aliphatic rings. The lowest BCUT2D eigenvalue weighted by Crippen LogP contribution is -1.95. The number of aromatic nitrogens is 2. The van der Waals surface area contributed by atoms with Crippen LogP contribution in [0, 0.1) is 5.92 Å². The van der Waals surface area contributed by atoms with Crippen LogP contribution in [0.5, 0.6) is 0 Å². The molecule has 2 rings (SSSR count). The van der Waals surface area contributed by atoms with E-state index in [-0.39, 0.29) is 24.8 Å². The van der Waals surface area contributed by atoms with Crippen LogP contribution in [0.1, 0.15) is 12.8 Å². The molecule has 2 N–H and O–H groups in total. The maximum Gasteiger partial charge on any atom is 0.141 e. The Balaban J connectivity index is 0.000000605. The van der Waals surface area contributed by atoms with Crippen molar-refractivity contribution in [2.75, 3.05) is 5.73 Å². The van der Waals surface area contributed by atoms with Crippen LogP contribution >= 0.6 is 24.8 Å². The fraction of sp³-hybridized carbons (Fsp3) is 0.571. The Labute approximate surface area is 84.2 Å². The summed E-state index contributed by atoms with van der Waals surface area (Å²) >= 11 is 0. The van der Waals surface area contributed by atoms with E-state index in [2.05, 4.69) is 9.55 Å². The second-order valence-corrected chi connectivity index (χ2v) is 2.94. The molecule has 0 radical (unpaired) electrons. The van der Waals surface area contributed by atoms with Crippen molar-refractivity contribution in [1.82, 2.24) is 9.55 Å². The van der Waals surface area contributed by atoms with Gasteiger partial charge in [0, 0.05) is 12.7 Å². The van der Waals surface area contributed by atoms with Crippen LogP contribution in [-0.2, 0) is 6.54 Å². The van der Waals surface area contributed by atoms with Gasteiger partial charge in [-0.3, -0.25) is 0 Å². The molecule has 3 nitrogen and oxygen atoms in total. The van der Waals surface area contributed by atoms with Gasteiger partial charge >= 0.3 is 0 Å². The zero-order valence-corrected chi connectivity index (χ0v) is 8.27. The first-order valence-corrected chi connectivity index (χ1v) is 3.62. The van der Waals surface area contributed by atoms with Crippen LogP contribution in [0.3, 0.4) is 0 Å². The van der Waals surface area contributed by atoms with Crippen molar-refractivity contribution >= 4 is 30.6 Å². The van der Waals surface area contributed by atoms with Crippen molar-refractivity contribution < 1.29 is 0 Å². The van der Waals surface area contributed by atoms with E-state index in [1.807, 2.05) is 6.20 Å². The van der Waals surface area contributed by atoms with E-state index < -0.39 is 0 Å². The van der Waals surface area contributed by atoms with E-state index in [1.54, 1.807) is 6.33 Å². The molecule has 1 fully saturated rings. The van der Waals surface area contributed by atoms with Gasteiger partial charge in [0.1, 0.15) is 5.82 Å². The average Bonchev–Trinajstić information content (AvgIpc) is 2.59. The number of halogens is 2. The molecular weight excluding hydrogens is 197 g/mol. The van der Waals surface area contributed by atoms with Gasteiger partial charge in [0.2, 0.25) is 0 Å². The van der Waals surface area contributed by atoms with E-state index in [0.29, 0.717) is 5.82 Å². The number of imidazole rings is 1. The van der Waals surface area contributed by atoms with Crippen LogP contribution in [0.4, 0.5) is 5.82 Å². The molecule has 1 heterocycles. The van der Waals surface area contributed by atoms with Crippen molar-refractivity contribution in [2.45, 2.75) is 19.4 Å².